The van der Waals surface area contributed by atoms with Crippen molar-refractivity contribution in [2.75, 3.05) is 27.2 Å². The maximum absolute atomic E-state index is 4.16. The minimum absolute atomic E-state index is 0.569. The lowest BCUT2D eigenvalue weighted by Gasteiger charge is -2.38. The summed E-state index contributed by atoms with van der Waals surface area (Å²) in [5.41, 5.74) is 1.28. The van der Waals surface area contributed by atoms with Crippen molar-refractivity contribution in [2.45, 2.75) is 32.7 Å². The van der Waals surface area contributed by atoms with Crippen LogP contribution >= 0.6 is 0 Å². The Kier molecular flexibility index (Phi) is 3.99. The molecule has 2 heteroatoms. The van der Waals surface area contributed by atoms with Crippen LogP contribution in [-0.2, 0) is 0 Å². The van der Waals surface area contributed by atoms with E-state index < -0.39 is 0 Å². The molecule has 0 saturated carbocycles. The van der Waals surface area contributed by atoms with Gasteiger partial charge in [0.05, 0.1) is 0 Å². The Morgan fingerprint density at radius 2 is 1.86 bits per heavy atom. The third-order valence-corrected chi connectivity index (χ3v) is 3.36. The number of hydrogen-bond donors (Lipinski definition) is 0. The van der Waals surface area contributed by atoms with Crippen LogP contribution in [0.15, 0.2) is 12.3 Å². The summed E-state index contributed by atoms with van der Waals surface area (Å²) in [6.45, 7) is 11.0. The molecular weight excluding hydrogens is 172 g/mol. The fourth-order valence-electron chi connectivity index (χ4n) is 2.02. The highest BCUT2D eigenvalue weighted by molar-refractivity contribution is 4.99. The van der Waals surface area contributed by atoms with Gasteiger partial charge in [-0.1, -0.05) is 20.4 Å². The van der Waals surface area contributed by atoms with Crippen molar-refractivity contribution in [2.24, 2.45) is 5.92 Å². The molecule has 0 spiro atoms. The van der Waals surface area contributed by atoms with Crippen LogP contribution < -0.4 is 0 Å². The van der Waals surface area contributed by atoms with Gasteiger partial charge >= 0.3 is 0 Å². The standard InChI is InChI=1S/C12H24N2/c1-10(2)11(3)14(5)12-6-8-13(4)9-7-12/h10,12H,3,6-9H2,1-2,4-5H3. The zero-order valence-corrected chi connectivity index (χ0v) is 10.1. The van der Waals surface area contributed by atoms with E-state index in [1.165, 1.54) is 31.6 Å². The van der Waals surface area contributed by atoms with Crippen LogP contribution in [0.1, 0.15) is 26.7 Å². The number of piperidine rings is 1. The zero-order chi connectivity index (χ0) is 10.7. The van der Waals surface area contributed by atoms with Crippen LogP contribution in [-0.4, -0.2) is 43.0 Å². The SMILES string of the molecule is C=C(C(C)C)N(C)C1CCN(C)CC1. The average Bonchev–Trinajstić information content (AvgIpc) is 2.16. The van der Waals surface area contributed by atoms with Crippen molar-refractivity contribution in [3.8, 4) is 0 Å². The predicted octanol–water partition coefficient (Wildman–Crippen LogP) is 2.18. The molecule has 0 bridgehead atoms. The summed E-state index contributed by atoms with van der Waals surface area (Å²) in [6.07, 6.45) is 2.55. The summed E-state index contributed by atoms with van der Waals surface area (Å²) in [5, 5.41) is 0. The Bertz CT molecular complexity index is 190. The molecule has 0 N–H and O–H groups in total. The summed E-state index contributed by atoms with van der Waals surface area (Å²) in [7, 11) is 4.39. The first-order chi connectivity index (χ1) is 6.52. The Hall–Kier alpha value is -0.500. The normalized spacial score (nSPS) is 20.1. The maximum atomic E-state index is 4.16. The van der Waals surface area contributed by atoms with E-state index in [2.05, 4.69) is 44.3 Å². The summed E-state index contributed by atoms with van der Waals surface area (Å²) in [5.74, 6) is 0.569. The number of hydrogen-bond acceptors (Lipinski definition) is 2. The molecule has 1 rings (SSSR count). The van der Waals surface area contributed by atoms with Gasteiger partial charge in [0.25, 0.3) is 0 Å². The highest BCUT2D eigenvalue weighted by Gasteiger charge is 2.21. The maximum Gasteiger partial charge on any atom is 0.0307 e. The molecule has 0 aromatic heterocycles. The van der Waals surface area contributed by atoms with E-state index in [0.29, 0.717) is 12.0 Å². The van der Waals surface area contributed by atoms with Gasteiger partial charge in [-0.2, -0.15) is 0 Å². The lowest BCUT2D eigenvalue weighted by atomic mass is 10.0. The van der Waals surface area contributed by atoms with E-state index in [-0.39, 0.29) is 0 Å². The average molecular weight is 196 g/mol. The second kappa shape index (κ2) is 4.83. The number of likely N-dealkylation sites (tertiary alicyclic amines) is 1. The van der Waals surface area contributed by atoms with Crippen molar-refractivity contribution in [3.05, 3.63) is 12.3 Å². The van der Waals surface area contributed by atoms with Gasteiger partial charge in [-0.05, 0) is 38.9 Å². The van der Waals surface area contributed by atoms with Gasteiger partial charge in [0.2, 0.25) is 0 Å². The minimum Gasteiger partial charge on any atom is -0.375 e. The smallest absolute Gasteiger partial charge is 0.0307 e. The quantitative estimate of drug-likeness (QED) is 0.682. The number of rotatable bonds is 3. The van der Waals surface area contributed by atoms with Crippen LogP contribution in [0, 0.1) is 5.92 Å². The fraction of sp³-hybridized carbons (Fsp3) is 0.833. The van der Waals surface area contributed by atoms with Crippen molar-refractivity contribution in [1.29, 1.82) is 0 Å². The van der Waals surface area contributed by atoms with Crippen molar-refractivity contribution >= 4 is 0 Å². The van der Waals surface area contributed by atoms with E-state index in [1.807, 2.05) is 0 Å². The van der Waals surface area contributed by atoms with Crippen LogP contribution in [0.25, 0.3) is 0 Å². The summed E-state index contributed by atoms with van der Waals surface area (Å²) in [4.78, 5) is 4.79. The third-order valence-electron chi connectivity index (χ3n) is 3.36. The third kappa shape index (κ3) is 2.74. The Morgan fingerprint density at radius 3 is 2.29 bits per heavy atom. The van der Waals surface area contributed by atoms with Gasteiger partial charge in [-0.25, -0.2) is 0 Å². The zero-order valence-electron chi connectivity index (χ0n) is 10.1. The highest BCUT2D eigenvalue weighted by atomic mass is 15.2. The minimum atomic E-state index is 0.569. The first-order valence-corrected chi connectivity index (χ1v) is 5.62. The first kappa shape index (κ1) is 11.6. The van der Waals surface area contributed by atoms with Crippen molar-refractivity contribution in [3.63, 3.8) is 0 Å². The fourth-order valence-corrected chi connectivity index (χ4v) is 2.02. The summed E-state index contributed by atoms with van der Waals surface area (Å²) < 4.78 is 0. The molecule has 1 aliphatic heterocycles. The monoisotopic (exact) mass is 196 g/mol. The number of allylic oxidation sites excluding steroid dienone is 1. The highest BCUT2D eigenvalue weighted by Crippen LogP contribution is 2.20. The largest absolute Gasteiger partial charge is 0.375 e. The molecule has 1 saturated heterocycles. The molecule has 0 atom stereocenters. The predicted molar refractivity (Wildman–Crippen MR) is 62.3 cm³/mol. The molecule has 1 aliphatic rings. The first-order valence-electron chi connectivity index (χ1n) is 5.62. The van der Waals surface area contributed by atoms with E-state index in [1.54, 1.807) is 0 Å². The van der Waals surface area contributed by atoms with Gasteiger partial charge in [0, 0.05) is 18.8 Å². The molecule has 0 amide bonds. The topological polar surface area (TPSA) is 6.48 Å². The molecule has 0 aromatic rings. The van der Waals surface area contributed by atoms with E-state index in [9.17, 15) is 0 Å². The molecule has 0 unspecified atom stereocenters. The van der Waals surface area contributed by atoms with Gasteiger partial charge in [-0.15, -0.1) is 0 Å². The lowest BCUT2D eigenvalue weighted by Crippen LogP contribution is -2.41. The van der Waals surface area contributed by atoms with E-state index in [0.717, 1.165) is 0 Å². The van der Waals surface area contributed by atoms with Gasteiger partial charge in [-0.3, -0.25) is 0 Å². The molecular formula is C12H24N2. The van der Waals surface area contributed by atoms with Crippen LogP contribution in [0.3, 0.4) is 0 Å². The number of nitrogens with zero attached hydrogens (tertiary/aromatic N) is 2. The summed E-state index contributed by atoms with van der Waals surface area (Å²) in [6, 6.07) is 0.709. The van der Waals surface area contributed by atoms with Crippen LogP contribution in [0.4, 0.5) is 0 Å². The van der Waals surface area contributed by atoms with Crippen LogP contribution in [0.2, 0.25) is 0 Å². The molecule has 0 aromatic carbocycles. The van der Waals surface area contributed by atoms with Gasteiger partial charge in [0.15, 0.2) is 0 Å². The molecule has 2 nitrogen and oxygen atoms in total. The second-order valence-corrected chi connectivity index (χ2v) is 4.79. The molecule has 0 aliphatic carbocycles. The van der Waals surface area contributed by atoms with Gasteiger partial charge < -0.3 is 9.80 Å². The lowest BCUT2D eigenvalue weighted by molar-refractivity contribution is 0.163. The van der Waals surface area contributed by atoms with Gasteiger partial charge in [0.1, 0.15) is 0 Å². The Morgan fingerprint density at radius 1 is 1.36 bits per heavy atom. The van der Waals surface area contributed by atoms with Crippen LogP contribution in [0.5, 0.6) is 0 Å². The van der Waals surface area contributed by atoms with E-state index >= 15 is 0 Å². The Labute approximate surface area is 88.6 Å². The van der Waals surface area contributed by atoms with E-state index in [4.69, 9.17) is 0 Å². The molecule has 1 heterocycles. The van der Waals surface area contributed by atoms with Crippen molar-refractivity contribution < 1.29 is 0 Å². The molecule has 1 fully saturated rings. The molecule has 14 heavy (non-hydrogen) atoms. The molecule has 82 valence electrons. The second-order valence-electron chi connectivity index (χ2n) is 4.79. The van der Waals surface area contributed by atoms with Crippen molar-refractivity contribution in [1.82, 2.24) is 9.80 Å². The Balaban J connectivity index is 2.45. The summed E-state index contributed by atoms with van der Waals surface area (Å²) >= 11 is 0. The molecule has 0 radical (unpaired) electrons.